The van der Waals surface area contributed by atoms with E-state index in [0.29, 0.717) is 11.8 Å². The first-order valence-electron chi connectivity index (χ1n) is 9.08. The van der Waals surface area contributed by atoms with Gasteiger partial charge in [0.05, 0.1) is 10.2 Å². The van der Waals surface area contributed by atoms with E-state index in [0.717, 1.165) is 47.8 Å². The Bertz CT molecular complexity index is 667. The standard InChI is InChI=1S/C19H24N2O2S/c22-18(13-14-5-1-2-6-14)21-11-9-15(10-12-21)23-19-20-16-7-3-4-8-17(16)24-19/h3-4,7-8,14-15H,1-2,5-6,9-13H2. The molecule has 4 nitrogen and oxygen atoms in total. The first kappa shape index (κ1) is 15.9. The zero-order chi connectivity index (χ0) is 16.4. The predicted molar refractivity (Wildman–Crippen MR) is 96.4 cm³/mol. The Balaban J connectivity index is 1.28. The number of fused-ring (bicyclic) bond motifs is 1. The van der Waals surface area contributed by atoms with Crippen LogP contribution in [0.1, 0.15) is 44.9 Å². The van der Waals surface area contributed by atoms with Crippen LogP contribution in [0.2, 0.25) is 0 Å². The van der Waals surface area contributed by atoms with Crippen molar-refractivity contribution in [2.24, 2.45) is 5.92 Å². The average Bonchev–Trinajstić information content (AvgIpc) is 3.24. The lowest BCUT2D eigenvalue weighted by Gasteiger charge is -2.32. The minimum atomic E-state index is 0.182. The van der Waals surface area contributed by atoms with Gasteiger partial charge in [-0.1, -0.05) is 36.3 Å². The third kappa shape index (κ3) is 3.56. The number of likely N-dealkylation sites (tertiary alicyclic amines) is 1. The van der Waals surface area contributed by atoms with Crippen LogP contribution in [0.25, 0.3) is 10.2 Å². The maximum Gasteiger partial charge on any atom is 0.274 e. The molecule has 0 spiro atoms. The summed E-state index contributed by atoms with van der Waals surface area (Å²) in [6.45, 7) is 1.64. The zero-order valence-corrected chi connectivity index (χ0v) is 14.8. The molecule has 0 unspecified atom stereocenters. The Labute approximate surface area is 146 Å². The van der Waals surface area contributed by atoms with E-state index in [2.05, 4.69) is 11.1 Å². The van der Waals surface area contributed by atoms with Gasteiger partial charge in [-0.2, -0.15) is 0 Å². The summed E-state index contributed by atoms with van der Waals surface area (Å²) >= 11 is 1.61. The molecule has 4 rings (SSSR count). The van der Waals surface area contributed by atoms with Crippen LogP contribution in [0.3, 0.4) is 0 Å². The maximum atomic E-state index is 12.4. The van der Waals surface area contributed by atoms with Crippen LogP contribution >= 0.6 is 11.3 Å². The number of aromatic nitrogens is 1. The Morgan fingerprint density at radius 3 is 2.67 bits per heavy atom. The minimum absolute atomic E-state index is 0.182. The molecule has 0 bridgehead atoms. The summed E-state index contributed by atoms with van der Waals surface area (Å²) in [6.07, 6.45) is 7.83. The van der Waals surface area contributed by atoms with Gasteiger partial charge < -0.3 is 9.64 Å². The molecular formula is C19H24N2O2S. The van der Waals surface area contributed by atoms with Gasteiger partial charge in [0.15, 0.2) is 0 Å². The van der Waals surface area contributed by atoms with Gasteiger partial charge in [0.2, 0.25) is 5.91 Å². The highest BCUT2D eigenvalue weighted by molar-refractivity contribution is 7.20. The van der Waals surface area contributed by atoms with Crippen LogP contribution in [0.5, 0.6) is 5.19 Å². The van der Waals surface area contributed by atoms with Crippen molar-refractivity contribution in [1.29, 1.82) is 0 Å². The van der Waals surface area contributed by atoms with Gasteiger partial charge in [0, 0.05) is 32.4 Å². The van der Waals surface area contributed by atoms with E-state index >= 15 is 0 Å². The molecule has 2 aliphatic rings. The lowest BCUT2D eigenvalue weighted by Crippen LogP contribution is -2.42. The number of carbonyl (C=O) groups is 1. The molecule has 2 heterocycles. The smallest absolute Gasteiger partial charge is 0.274 e. The molecule has 0 atom stereocenters. The third-order valence-electron chi connectivity index (χ3n) is 5.27. The number of benzene rings is 1. The summed E-state index contributed by atoms with van der Waals surface area (Å²) in [5, 5.41) is 0.756. The van der Waals surface area contributed by atoms with Gasteiger partial charge >= 0.3 is 0 Å². The summed E-state index contributed by atoms with van der Waals surface area (Å²) in [4.78, 5) is 19.0. The average molecular weight is 344 g/mol. The number of ether oxygens (including phenoxy) is 1. The van der Waals surface area contributed by atoms with Crippen LogP contribution < -0.4 is 4.74 Å². The number of amides is 1. The Kier molecular flexibility index (Phi) is 4.69. The van der Waals surface area contributed by atoms with E-state index < -0.39 is 0 Å². The molecule has 1 amide bonds. The second kappa shape index (κ2) is 7.09. The van der Waals surface area contributed by atoms with Crippen molar-refractivity contribution in [3.8, 4) is 5.19 Å². The molecule has 1 aromatic carbocycles. The van der Waals surface area contributed by atoms with Gasteiger partial charge in [0.1, 0.15) is 6.10 Å². The predicted octanol–water partition coefficient (Wildman–Crippen LogP) is 4.25. The van der Waals surface area contributed by atoms with Crippen LogP contribution in [-0.2, 0) is 4.79 Å². The highest BCUT2D eigenvalue weighted by Gasteiger charge is 2.27. The number of rotatable bonds is 4. The first-order valence-corrected chi connectivity index (χ1v) is 9.89. The van der Waals surface area contributed by atoms with Crippen molar-refractivity contribution in [3.05, 3.63) is 24.3 Å². The third-order valence-corrected chi connectivity index (χ3v) is 6.20. The largest absolute Gasteiger partial charge is 0.467 e. The summed E-state index contributed by atoms with van der Waals surface area (Å²) in [5.41, 5.74) is 1.00. The van der Waals surface area contributed by atoms with Gasteiger partial charge in [-0.3, -0.25) is 4.79 Å². The lowest BCUT2D eigenvalue weighted by atomic mass is 10.0. The molecule has 128 valence electrons. The van der Waals surface area contributed by atoms with Gasteiger partial charge in [-0.05, 0) is 30.9 Å². The highest BCUT2D eigenvalue weighted by Crippen LogP contribution is 2.31. The fraction of sp³-hybridized carbons (Fsp3) is 0.579. The highest BCUT2D eigenvalue weighted by atomic mass is 32.1. The number of hydrogen-bond donors (Lipinski definition) is 0. The van der Waals surface area contributed by atoms with Crippen LogP contribution in [0.4, 0.5) is 0 Å². The molecule has 5 heteroatoms. The van der Waals surface area contributed by atoms with E-state index in [1.165, 1.54) is 25.7 Å². The Morgan fingerprint density at radius 1 is 1.17 bits per heavy atom. The molecule has 1 saturated heterocycles. The number of piperidine rings is 1. The molecule has 2 aromatic rings. The second-order valence-electron chi connectivity index (χ2n) is 7.00. The number of thiazole rings is 1. The Morgan fingerprint density at radius 2 is 1.92 bits per heavy atom. The number of nitrogens with zero attached hydrogens (tertiary/aromatic N) is 2. The van der Waals surface area contributed by atoms with E-state index in [4.69, 9.17) is 4.74 Å². The molecule has 1 saturated carbocycles. The second-order valence-corrected chi connectivity index (χ2v) is 7.99. The van der Waals surface area contributed by atoms with Crippen molar-refractivity contribution in [3.63, 3.8) is 0 Å². The number of para-hydroxylation sites is 1. The summed E-state index contributed by atoms with van der Waals surface area (Å²) in [7, 11) is 0. The van der Waals surface area contributed by atoms with E-state index in [1.807, 2.05) is 23.1 Å². The molecule has 0 radical (unpaired) electrons. The molecule has 24 heavy (non-hydrogen) atoms. The van der Waals surface area contributed by atoms with E-state index in [-0.39, 0.29) is 6.10 Å². The van der Waals surface area contributed by atoms with Crippen LogP contribution in [0.15, 0.2) is 24.3 Å². The molecule has 0 N–H and O–H groups in total. The molecule has 1 aromatic heterocycles. The fourth-order valence-corrected chi connectivity index (χ4v) is 4.74. The van der Waals surface area contributed by atoms with Crippen molar-refractivity contribution in [1.82, 2.24) is 9.88 Å². The SMILES string of the molecule is O=C(CC1CCCC1)N1CCC(Oc2nc3ccccc3s2)CC1. The van der Waals surface area contributed by atoms with Crippen molar-refractivity contribution >= 4 is 27.5 Å². The Hall–Kier alpha value is -1.62. The monoisotopic (exact) mass is 344 g/mol. The normalized spacial score (nSPS) is 19.9. The van der Waals surface area contributed by atoms with Crippen molar-refractivity contribution in [2.75, 3.05) is 13.1 Å². The van der Waals surface area contributed by atoms with Gasteiger partial charge in [-0.25, -0.2) is 4.98 Å². The maximum absolute atomic E-state index is 12.4. The summed E-state index contributed by atoms with van der Waals surface area (Å²) < 4.78 is 7.23. The summed E-state index contributed by atoms with van der Waals surface area (Å²) in [5.74, 6) is 0.981. The molecule has 2 fully saturated rings. The van der Waals surface area contributed by atoms with Crippen molar-refractivity contribution in [2.45, 2.75) is 51.0 Å². The fourth-order valence-electron chi connectivity index (χ4n) is 3.86. The lowest BCUT2D eigenvalue weighted by molar-refractivity contribution is -0.133. The first-order chi connectivity index (χ1) is 11.8. The summed E-state index contributed by atoms with van der Waals surface area (Å²) in [6, 6.07) is 8.12. The molecular weight excluding hydrogens is 320 g/mol. The van der Waals surface area contributed by atoms with Crippen molar-refractivity contribution < 1.29 is 9.53 Å². The van der Waals surface area contributed by atoms with Gasteiger partial charge in [0.25, 0.3) is 5.19 Å². The topological polar surface area (TPSA) is 42.4 Å². The van der Waals surface area contributed by atoms with Gasteiger partial charge in [-0.15, -0.1) is 0 Å². The minimum Gasteiger partial charge on any atom is -0.467 e. The number of hydrogen-bond acceptors (Lipinski definition) is 4. The van der Waals surface area contributed by atoms with Crippen LogP contribution in [-0.4, -0.2) is 35.0 Å². The number of carbonyl (C=O) groups excluding carboxylic acids is 1. The zero-order valence-electron chi connectivity index (χ0n) is 13.9. The van der Waals surface area contributed by atoms with Crippen LogP contribution in [0, 0.1) is 5.92 Å². The quantitative estimate of drug-likeness (QED) is 0.833. The molecule has 1 aliphatic heterocycles. The van der Waals surface area contributed by atoms with E-state index in [1.54, 1.807) is 11.3 Å². The molecule has 1 aliphatic carbocycles. The van der Waals surface area contributed by atoms with E-state index in [9.17, 15) is 4.79 Å².